The molecule has 0 aromatic heterocycles. The van der Waals surface area contributed by atoms with Crippen LogP contribution in [0.1, 0.15) is 36.7 Å². The molecule has 3 N–H and O–H groups in total. The zero-order valence-electron chi connectivity index (χ0n) is 13.6. The third kappa shape index (κ3) is 3.52. The van der Waals surface area contributed by atoms with Crippen LogP contribution in [0, 0.1) is 17.3 Å². The van der Waals surface area contributed by atoms with Gasteiger partial charge in [0.25, 0.3) is 5.91 Å². The van der Waals surface area contributed by atoms with Crippen molar-refractivity contribution in [3.05, 3.63) is 35.4 Å². The van der Waals surface area contributed by atoms with Crippen LogP contribution in [0.15, 0.2) is 24.3 Å². The largest absolute Gasteiger partial charge is 0.481 e. The average Bonchev–Trinajstić information content (AvgIpc) is 3.08. The molecular weight excluding hydrogens is 296 g/mol. The summed E-state index contributed by atoms with van der Waals surface area (Å²) in [5.41, 5.74) is 0.819. The number of carboxylic acids is 1. The van der Waals surface area contributed by atoms with Gasteiger partial charge < -0.3 is 15.7 Å². The number of hydrogen-bond acceptors (Lipinski definition) is 3. The molecule has 1 aliphatic rings. The first-order valence-electron chi connectivity index (χ1n) is 7.66. The monoisotopic (exact) mass is 318 g/mol. The fourth-order valence-corrected chi connectivity index (χ4v) is 2.97. The summed E-state index contributed by atoms with van der Waals surface area (Å²) >= 11 is 0. The van der Waals surface area contributed by atoms with Gasteiger partial charge in [-0.1, -0.05) is 26.0 Å². The Kier molecular flexibility index (Phi) is 4.73. The lowest BCUT2D eigenvalue weighted by Crippen LogP contribution is -2.27. The maximum Gasteiger partial charge on any atom is 0.307 e. The second kappa shape index (κ2) is 6.40. The number of carbonyl (C=O) groups excluding carboxylic acids is 2. The van der Waals surface area contributed by atoms with Crippen LogP contribution >= 0.6 is 0 Å². The molecule has 1 aliphatic carbocycles. The maximum absolute atomic E-state index is 12.2. The Labute approximate surface area is 135 Å². The topological polar surface area (TPSA) is 95.5 Å². The quantitative estimate of drug-likeness (QED) is 0.739. The summed E-state index contributed by atoms with van der Waals surface area (Å²) < 4.78 is 0. The van der Waals surface area contributed by atoms with E-state index in [0.717, 1.165) is 5.56 Å². The number of aliphatic carboxylic acids is 1. The van der Waals surface area contributed by atoms with Crippen molar-refractivity contribution < 1.29 is 19.5 Å². The molecule has 1 aromatic carbocycles. The molecule has 2 amide bonds. The second-order valence-corrected chi connectivity index (χ2v) is 6.39. The molecule has 6 heteroatoms. The minimum Gasteiger partial charge on any atom is -0.481 e. The number of rotatable bonds is 6. The summed E-state index contributed by atoms with van der Waals surface area (Å²) in [6.45, 7) is 6.23. The summed E-state index contributed by atoms with van der Waals surface area (Å²) in [5.74, 6) is -2.50. The Morgan fingerprint density at radius 3 is 2.43 bits per heavy atom. The molecule has 2 rings (SSSR count). The smallest absolute Gasteiger partial charge is 0.307 e. The third-order valence-corrected chi connectivity index (χ3v) is 4.37. The van der Waals surface area contributed by atoms with Gasteiger partial charge in [0.05, 0.1) is 11.8 Å². The number of carbonyl (C=O) groups is 3. The molecule has 0 bridgehead atoms. The molecular formula is C17H22N2O4. The van der Waals surface area contributed by atoms with Crippen LogP contribution in [0.3, 0.4) is 0 Å². The first kappa shape index (κ1) is 17.0. The number of hydrogen-bond donors (Lipinski definition) is 3. The van der Waals surface area contributed by atoms with Crippen molar-refractivity contribution in [1.29, 1.82) is 0 Å². The first-order valence-corrected chi connectivity index (χ1v) is 7.66. The molecule has 2 atom stereocenters. The Balaban J connectivity index is 1.97. The highest BCUT2D eigenvalue weighted by Crippen LogP contribution is 2.58. The molecule has 0 radical (unpaired) electrons. The van der Waals surface area contributed by atoms with Crippen LogP contribution in [-0.2, 0) is 16.1 Å². The number of amides is 2. The lowest BCUT2D eigenvalue weighted by atomic mass is 10.1. The van der Waals surface area contributed by atoms with Crippen molar-refractivity contribution >= 4 is 17.8 Å². The van der Waals surface area contributed by atoms with Crippen molar-refractivity contribution in [2.75, 3.05) is 6.54 Å². The Morgan fingerprint density at radius 1 is 1.17 bits per heavy atom. The van der Waals surface area contributed by atoms with E-state index in [1.807, 2.05) is 13.0 Å². The fourth-order valence-electron chi connectivity index (χ4n) is 2.97. The zero-order chi connectivity index (χ0) is 17.2. The van der Waals surface area contributed by atoms with Crippen molar-refractivity contribution in [3.8, 4) is 0 Å². The molecule has 1 fully saturated rings. The van der Waals surface area contributed by atoms with Crippen LogP contribution in [-0.4, -0.2) is 29.4 Å². The maximum atomic E-state index is 12.2. The summed E-state index contributed by atoms with van der Waals surface area (Å²) in [6, 6.07) is 7.00. The van der Waals surface area contributed by atoms with Crippen molar-refractivity contribution in [2.45, 2.75) is 27.3 Å². The number of benzene rings is 1. The predicted octanol–water partition coefficient (Wildman–Crippen LogP) is 1.41. The molecule has 0 unspecified atom stereocenters. The van der Waals surface area contributed by atoms with E-state index in [4.69, 9.17) is 5.11 Å². The highest BCUT2D eigenvalue weighted by atomic mass is 16.4. The molecule has 0 heterocycles. The fraction of sp³-hybridized carbons (Fsp3) is 0.471. The molecule has 6 nitrogen and oxygen atoms in total. The molecule has 1 aromatic rings. The zero-order valence-corrected chi connectivity index (χ0v) is 13.6. The molecule has 1 saturated carbocycles. The second-order valence-electron chi connectivity index (χ2n) is 6.39. The number of nitrogens with one attached hydrogen (secondary N) is 2. The average molecular weight is 318 g/mol. The molecule has 124 valence electrons. The highest BCUT2D eigenvalue weighted by molar-refractivity contribution is 5.94. The van der Waals surface area contributed by atoms with Gasteiger partial charge in [-0.2, -0.15) is 0 Å². The van der Waals surface area contributed by atoms with E-state index in [0.29, 0.717) is 12.1 Å². The van der Waals surface area contributed by atoms with Crippen molar-refractivity contribution in [2.24, 2.45) is 17.3 Å². The predicted molar refractivity (Wildman–Crippen MR) is 84.7 cm³/mol. The summed E-state index contributed by atoms with van der Waals surface area (Å²) in [7, 11) is 0. The van der Waals surface area contributed by atoms with Gasteiger partial charge in [0.1, 0.15) is 0 Å². The van der Waals surface area contributed by atoms with Crippen molar-refractivity contribution in [1.82, 2.24) is 10.6 Å². The van der Waals surface area contributed by atoms with Crippen LogP contribution < -0.4 is 10.6 Å². The normalized spacial score (nSPS) is 21.3. The van der Waals surface area contributed by atoms with Gasteiger partial charge in [-0.3, -0.25) is 14.4 Å². The number of carboxylic acid groups (broad SMARTS) is 1. The van der Waals surface area contributed by atoms with Gasteiger partial charge in [0.15, 0.2) is 0 Å². The van der Waals surface area contributed by atoms with Crippen LogP contribution in [0.5, 0.6) is 0 Å². The van der Waals surface area contributed by atoms with Crippen LogP contribution in [0.2, 0.25) is 0 Å². The van der Waals surface area contributed by atoms with Gasteiger partial charge in [-0.25, -0.2) is 0 Å². The van der Waals surface area contributed by atoms with Crippen molar-refractivity contribution in [3.63, 3.8) is 0 Å². The minimum atomic E-state index is -0.937. The standard InChI is InChI=1S/C17H22N2O4/c1-4-18-14(20)11-7-5-6-10(8-11)9-19-15(21)12-13(16(22)23)17(12,2)3/h5-8,12-13H,4,9H2,1-3H3,(H,18,20)(H,19,21)(H,22,23)/t12-,13+/m0/s1. The van der Waals surface area contributed by atoms with E-state index in [9.17, 15) is 14.4 Å². The van der Waals surface area contributed by atoms with Gasteiger partial charge in [0.2, 0.25) is 5.91 Å². The molecule has 0 aliphatic heterocycles. The Hall–Kier alpha value is -2.37. The SMILES string of the molecule is CCNC(=O)c1cccc(CNC(=O)[C@@H]2[C@H](C(=O)O)C2(C)C)c1. The van der Waals surface area contributed by atoms with Crippen LogP contribution in [0.4, 0.5) is 0 Å². The summed E-state index contributed by atoms with van der Waals surface area (Å²) in [6.07, 6.45) is 0. The Bertz CT molecular complexity index is 639. The van der Waals surface area contributed by atoms with E-state index in [1.54, 1.807) is 32.0 Å². The van der Waals surface area contributed by atoms with Gasteiger partial charge >= 0.3 is 5.97 Å². The summed E-state index contributed by atoms with van der Waals surface area (Å²) in [5, 5.41) is 14.6. The van der Waals surface area contributed by atoms with E-state index < -0.39 is 23.2 Å². The van der Waals surface area contributed by atoms with Crippen LogP contribution in [0.25, 0.3) is 0 Å². The van der Waals surface area contributed by atoms with E-state index in [1.165, 1.54) is 0 Å². The molecule has 23 heavy (non-hydrogen) atoms. The molecule has 0 spiro atoms. The summed E-state index contributed by atoms with van der Waals surface area (Å²) in [4.78, 5) is 35.1. The van der Waals surface area contributed by atoms with Gasteiger partial charge in [-0.05, 0) is 30.0 Å². The van der Waals surface area contributed by atoms with E-state index in [-0.39, 0.29) is 18.4 Å². The lowest BCUT2D eigenvalue weighted by molar-refractivity contribution is -0.140. The van der Waals surface area contributed by atoms with E-state index in [2.05, 4.69) is 10.6 Å². The first-order chi connectivity index (χ1) is 10.8. The molecule has 0 saturated heterocycles. The minimum absolute atomic E-state index is 0.157. The third-order valence-electron chi connectivity index (χ3n) is 4.37. The lowest BCUT2D eigenvalue weighted by Gasteiger charge is -2.08. The van der Waals surface area contributed by atoms with Gasteiger partial charge in [0, 0.05) is 18.7 Å². The van der Waals surface area contributed by atoms with Gasteiger partial charge in [-0.15, -0.1) is 0 Å². The highest BCUT2D eigenvalue weighted by Gasteiger charge is 2.65. The van der Waals surface area contributed by atoms with E-state index >= 15 is 0 Å². The Morgan fingerprint density at radius 2 is 1.87 bits per heavy atom.